The van der Waals surface area contributed by atoms with E-state index in [2.05, 4.69) is 31.7 Å². The van der Waals surface area contributed by atoms with Crippen LogP contribution in [0.15, 0.2) is 44.1 Å². The van der Waals surface area contributed by atoms with E-state index >= 15 is 0 Å². The van der Waals surface area contributed by atoms with Gasteiger partial charge in [0.2, 0.25) is 0 Å². The zero-order chi connectivity index (χ0) is 19.1. The molecule has 0 unspecified atom stereocenters. The largest absolute Gasteiger partial charge is 0.384 e. The number of hydrogen-bond acceptors (Lipinski definition) is 4. The van der Waals surface area contributed by atoms with Gasteiger partial charge in [0.1, 0.15) is 5.76 Å². The molecule has 140 valence electrons. The SMILES string of the molecule is CC(C)C[C@H](NC(=O)Nc1ccc(Br)cc1)C(=O)CCc1cc(=O)[nH]o1. The molecule has 1 aromatic heterocycles. The summed E-state index contributed by atoms with van der Waals surface area (Å²) < 4.78 is 5.86. The fourth-order valence-corrected chi connectivity index (χ4v) is 2.73. The fourth-order valence-electron chi connectivity index (χ4n) is 2.47. The Balaban J connectivity index is 1.94. The molecule has 1 heterocycles. The van der Waals surface area contributed by atoms with Crippen molar-refractivity contribution in [3.05, 3.63) is 50.9 Å². The number of aromatic nitrogens is 1. The van der Waals surface area contributed by atoms with Crippen molar-refractivity contribution in [3.63, 3.8) is 0 Å². The van der Waals surface area contributed by atoms with Gasteiger partial charge in [-0.05, 0) is 36.6 Å². The van der Waals surface area contributed by atoms with Gasteiger partial charge in [-0.15, -0.1) is 0 Å². The third kappa shape index (κ3) is 6.51. The predicted molar refractivity (Wildman–Crippen MR) is 102 cm³/mol. The number of benzene rings is 1. The lowest BCUT2D eigenvalue weighted by atomic mass is 9.97. The molecule has 0 bridgehead atoms. The highest BCUT2D eigenvalue weighted by Crippen LogP contribution is 2.14. The topological polar surface area (TPSA) is 104 Å². The predicted octanol–water partition coefficient (Wildman–Crippen LogP) is 3.47. The lowest BCUT2D eigenvalue weighted by molar-refractivity contribution is -0.121. The summed E-state index contributed by atoms with van der Waals surface area (Å²) in [6, 6.07) is 7.44. The number of amides is 2. The fraction of sp³-hybridized carbons (Fsp3) is 0.389. The molecular formula is C18H22BrN3O4. The molecule has 26 heavy (non-hydrogen) atoms. The van der Waals surface area contributed by atoms with Crippen molar-refractivity contribution in [1.29, 1.82) is 0 Å². The minimum atomic E-state index is -0.601. The van der Waals surface area contributed by atoms with Gasteiger partial charge in [0, 0.05) is 29.1 Å². The lowest BCUT2D eigenvalue weighted by Gasteiger charge is -2.20. The smallest absolute Gasteiger partial charge is 0.319 e. The maximum absolute atomic E-state index is 12.5. The maximum Gasteiger partial charge on any atom is 0.319 e. The lowest BCUT2D eigenvalue weighted by Crippen LogP contribution is -2.43. The molecule has 8 heteroatoms. The highest BCUT2D eigenvalue weighted by molar-refractivity contribution is 9.10. The Labute approximate surface area is 159 Å². The van der Waals surface area contributed by atoms with Crippen LogP contribution in [0.25, 0.3) is 0 Å². The number of anilines is 1. The van der Waals surface area contributed by atoms with Crippen LogP contribution in [-0.2, 0) is 11.2 Å². The summed E-state index contributed by atoms with van der Waals surface area (Å²) in [5.41, 5.74) is 0.300. The van der Waals surface area contributed by atoms with Crippen LogP contribution in [-0.4, -0.2) is 23.0 Å². The summed E-state index contributed by atoms with van der Waals surface area (Å²) in [7, 11) is 0. The van der Waals surface area contributed by atoms with Crippen LogP contribution < -0.4 is 16.2 Å². The number of carbonyl (C=O) groups excluding carboxylic acids is 2. The van der Waals surface area contributed by atoms with Crippen molar-refractivity contribution in [2.24, 2.45) is 5.92 Å². The number of halogens is 1. The molecule has 2 aromatic rings. The third-order valence-electron chi connectivity index (χ3n) is 3.70. The summed E-state index contributed by atoms with van der Waals surface area (Å²) in [5.74, 6) is 0.557. The van der Waals surface area contributed by atoms with Crippen LogP contribution >= 0.6 is 15.9 Å². The van der Waals surface area contributed by atoms with Crippen molar-refractivity contribution in [1.82, 2.24) is 10.5 Å². The first kappa shape index (κ1) is 20.0. The molecule has 7 nitrogen and oxygen atoms in total. The minimum Gasteiger partial charge on any atom is -0.384 e. The van der Waals surface area contributed by atoms with Gasteiger partial charge in [0.05, 0.1) is 6.04 Å². The summed E-state index contributed by atoms with van der Waals surface area (Å²) >= 11 is 3.33. The quantitative estimate of drug-likeness (QED) is 0.604. The molecule has 0 fully saturated rings. The Bertz CT molecular complexity index is 795. The number of carbonyl (C=O) groups is 2. The first-order valence-corrected chi connectivity index (χ1v) is 9.16. The van der Waals surface area contributed by atoms with Crippen molar-refractivity contribution in [2.75, 3.05) is 5.32 Å². The molecule has 0 aliphatic heterocycles. The van der Waals surface area contributed by atoms with Gasteiger partial charge in [-0.2, -0.15) is 5.16 Å². The summed E-state index contributed by atoms with van der Waals surface area (Å²) in [4.78, 5) is 35.8. The molecule has 0 saturated carbocycles. The molecule has 0 radical (unpaired) electrons. The van der Waals surface area contributed by atoms with E-state index in [1.165, 1.54) is 6.07 Å². The number of ketones is 1. The molecule has 0 spiro atoms. The highest BCUT2D eigenvalue weighted by Gasteiger charge is 2.22. The van der Waals surface area contributed by atoms with Crippen molar-refractivity contribution < 1.29 is 14.1 Å². The Morgan fingerprint density at radius 1 is 1.23 bits per heavy atom. The Morgan fingerprint density at radius 2 is 1.92 bits per heavy atom. The molecule has 2 rings (SSSR count). The summed E-state index contributed by atoms with van der Waals surface area (Å²) in [6.07, 6.45) is 1.02. The minimum absolute atomic E-state index is 0.103. The van der Waals surface area contributed by atoms with E-state index in [1.54, 1.807) is 12.1 Å². The molecular weight excluding hydrogens is 402 g/mol. The zero-order valence-corrected chi connectivity index (χ0v) is 16.3. The van der Waals surface area contributed by atoms with Gasteiger partial charge in [-0.1, -0.05) is 29.8 Å². The Kier molecular flexibility index (Phi) is 7.20. The van der Waals surface area contributed by atoms with Crippen LogP contribution in [0, 0.1) is 5.92 Å². The first-order chi connectivity index (χ1) is 12.3. The monoisotopic (exact) mass is 423 g/mol. The second-order valence-corrected chi connectivity index (χ2v) is 7.35. The van der Waals surface area contributed by atoms with Gasteiger partial charge in [-0.25, -0.2) is 4.79 Å². The van der Waals surface area contributed by atoms with Crippen LogP contribution in [0.4, 0.5) is 10.5 Å². The number of aryl methyl sites for hydroxylation is 1. The normalized spacial score (nSPS) is 12.0. The third-order valence-corrected chi connectivity index (χ3v) is 4.22. The van der Waals surface area contributed by atoms with Crippen LogP contribution in [0.2, 0.25) is 0 Å². The van der Waals surface area contributed by atoms with Crippen LogP contribution in [0.1, 0.15) is 32.4 Å². The average Bonchev–Trinajstić information content (AvgIpc) is 2.99. The van der Waals surface area contributed by atoms with Gasteiger partial charge < -0.3 is 15.2 Å². The van der Waals surface area contributed by atoms with Crippen LogP contribution in [0.5, 0.6) is 0 Å². The molecule has 3 N–H and O–H groups in total. The summed E-state index contributed by atoms with van der Waals surface area (Å²) in [6.45, 7) is 3.97. The highest BCUT2D eigenvalue weighted by atomic mass is 79.9. The van der Waals surface area contributed by atoms with Gasteiger partial charge >= 0.3 is 6.03 Å². The molecule has 0 aliphatic carbocycles. The van der Waals surface area contributed by atoms with Crippen molar-refractivity contribution in [3.8, 4) is 0 Å². The maximum atomic E-state index is 12.5. The second-order valence-electron chi connectivity index (χ2n) is 6.43. The standard InChI is InChI=1S/C18H22BrN3O4/c1-11(2)9-15(16(23)8-7-14-10-17(24)22-26-14)21-18(25)20-13-5-3-12(19)4-6-13/h3-6,10-11,15H,7-9H2,1-2H3,(H,22,24)(H2,20,21,25)/t15-/m0/s1. The first-order valence-electron chi connectivity index (χ1n) is 8.36. The van der Waals surface area contributed by atoms with E-state index in [4.69, 9.17) is 4.52 Å². The van der Waals surface area contributed by atoms with E-state index in [9.17, 15) is 14.4 Å². The van der Waals surface area contributed by atoms with Gasteiger partial charge in [0.25, 0.3) is 5.56 Å². The van der Waals surface area contributed by atoms with E-state index in [0.717, 1.165) is 4.47 Å². The van der Waals surface area contributed by atoms with E-state index in [-0.39, 0.29) is 23.7 Å². The van der Waals surface area contributed by atoms with Gasteiger partial charge in [0.15, 0.2) is 5.78 Å². The molecule has 1 atom stereocenters. The Morgan fingerprint density at radius 3 is 2.50 bits per heavy atom. The summed E-state index contributed by atoms with van der Waals surface area (Å²) in [5, 5.41) is 7.65. The van der Waals surface area contributed by atoms with E-state index < -0.39 is 12.1 Å². The zero-order valence-electron chi connectivity index (χ0n) is 14.7. The van der Waals surface area contributed by atoms with Crippen LogP contribution in [0.3, 0.4) is 0 Å². The van der Waals surface area contributed by atoms with E-state index in [1.807, 2.05) is 26.0 Å². The number of hydrogen-bond donors (Lipinski definition) is 3. The number of urea groups is 1. The molecule has 0 saturated heterocycles. The molecule has 0 aliphatic rings. The molecule has 2 amide bonds. The second kappa shape index (κ2) is 9.38. The molecule has 1 aromatic carbocycles. The van der Waals surface area contributed by atoms with Gasteiger partial charge in [-0.3, -0.25) is 9.59 Å². The number of aromatic amines is 1. The average molecular weight is 424 g/mol. The number of H-pyrrole nitrogens is 1. The van der Waals surface area contributed by atoms with Crippen molar-refractivity contribution >= 4 is 33.4 Å². The number of Topliss-reactive ketones (excluding diaryl/α,β-unsaturated/α-hetero) is 1. The number of nitrogens with one attached hydrogen (secondary N) is 3. The number of rotatable bonds is 8. The van der Waals surface area contributed by atoms with Crippen molar-refractivity contribution in [2.45, 2.75) is 39.2 Å². The van der Waals surface area contributed by atoms with E-state index in [0.29, 0.717) is 24.3 Å². The Hall–Kier alpha value is -2.35.